The highest BCUT2D eigenvalue weighted by atomic mass is 32.1. The van der Waals surface area contributed by atoms with Crippen LogP contribution in [0.1, 0.15) is 29.6 Å². The zero-order valence-electron chi connectivity index (χ0n) is 18.3. The van der Waals surface area contributed by atoms with Crippen molar-refractivity contribution in [2.75, 3.05) is 12.4 Å². The van der Waals surface area contributed by atoms with Crippen molar-refractivity contribution in [2.45, 2.75) is 31.6 Å². The summed E-state index contributed by atoms with van der Waals surface area (Å²) in [5.74, 6) is 1.24. The molecule has 0 saturated carbocycles. The fraction of sp³-hybridized carbons (Fsp3) is 0.261. The molecule has 11 heteroatoms. The highest BCUT2D eigenvalue weighted by molar-refractivity contribution is 7.71. The normalized spacial score (nSPS) is 17.8. The smallest absolute Gasteiger partial charge is 0.410 e. The van der Waals surface area contributed by atoms with Crippen LogP contribution in [0.5, 0.6) is 5.75 Å². The Hall–Kier alpha value is -3.60. The van der Waals surface area contributed by atoms with Gasteiger partial charge in [0.25, 0.3) is 0 Å². The van der Waals surface area contributed by atoms with Crippen molar-refractivity contribution in [3.05, 3.63) is 70.6 Å². The minimum Gasteiger partial charge on any atom is -0.497 e. The van der Waals surface area contributed by atoms with E-state index in [9.17, 15) is 13.2 Å². The Kier molecular flexibility index (Phi) is 5.43. The highest BCUT2D eigenvalue weighted by Crippen LogP contribution is 2.46. The van der Waals surface area contributed by atoms with Gasteiger partial charge in [-0.1, -0.05) is 30.3 Å². The minimum atomic E-state index is -4.48. The number of H-pyrrole nitrogens is 1. The zero-order valence-corrected chi connectivity index (χ0v) is 19.1. The number of hydrogen-bond acceptors (Lipinski definition) is 5. The molecule has 1 aliphatic rings. The van der Waals surface area contributed by atoms with Crippen LogP contribution in [0.4, 0.5) is 19.0 Å². The van der Waals surface area contributed by atoms with E-state index in [4.69, 9.17) is 17.0 Å². The minimum absolute atomic E-state index is 0.200. The Morgan fingerprint density at radius 2 is 1.85 bits per heavy atom. The number of nitrogens with zero attached hydrogens (tertiary/aromatic N) is 4. The molecule has 0 bridgehead atoms. The van der Waals surface area contributed by atoms with Gasteiger partial charge in [-0.2, -0.15) is 23.4 Å². The van der Waals surface area contributed by atoms with Crippen LogP contribution in [0.2, 0.25) is 0 Å². The molecule has 2 aromatic heterocycles. The summed E-state index contributed by atoms with van der Waals surface area (Å²) in [5.41, 5.74) is 2.86. The fourth-order valence-corrected chi connectivity index (χ4v) is 4.53. The lowest BCUT2D eigenvalue weighted by Crippen LogP contribution is -2.35. The molecule has 3 heterocycles. The number of halogens is 3. The summed E-state index contributed by atoms with van der Waals surface area (Å²) in [6.45, 7) is 1.93. The van der Waals surface area contributed by atoms with Crippen molar-refractivity contribution in [1.82, 2.24) is 24.5 Å². The third-order valence-electron chi connectivity index (χ3n) is 6.03. The number of benzene rings is 2. The lowest BCUT2D eigenvalue weighted by Gasteiger charge is -2.34. The fourth-order valence-electron chi connectivity index (χ4n) is 4.30. The van der Waals surface area contributed by atoms with Crippen molar-refractivity contribution in [3.63, 3.8) is 0 Å². The molecule has 0 saturated heterocycles. The van der Waals surface area contributed by atoms with Gasteiger partial charge in [0.2, 0.25) is 0 Å². The summed E-state index contributed by atoms with van der Waals surface area (Å²) in [4.78, 5) is 0. The van der Waals surface area contributed by atoms with Crippen LogP contribution >= 0.6 is 12.2 Å². The van der Waals surface area contributed by atoms with Crippen LogP contribution in [0, 0.1) is 11.7 Å². The van der Waals surface area contributed by atoms with E-state index in [0.29, 0.717) is 27.5 Å². The van der Waals surface area contributed by atoms with Crippen LogP contribution in [-0.4, -0.2) is 37.8 Å². The third-order valence-corrected chi connectivity index (χ3v) is 6.30. The molecular weight excluding hydrogens is 465 g/mol. The second kappa shape index (κ2) is 8.32. The van der Waals surface area contributed by atoms with Gasteiger partial charge in [0.05, 0.1) is 30.6 Å². The first-order chi connectivity index (χ1) is 16.3. The Labute approximate surface area is 198 Å². The molecule has 34 heavy (non-hydrogen) atoms. The van der Waals surface area contributed by atoms with Crippen molar-refractivity contribution in [1.29, 1.82) is 0 Å². The summed E-state index contributed by atoms with van der Waals surface area (Å²) in [6.07, 6.45) is -3.28. The monoisotopic (exact) mass is 486 g/mol. The summed E-state index contributed by atoms with van der Waals surface area (Å²) in [5, 5.41) is 14.5. The number of ether oxygens (including phenoxy) is 1. The third kappa shape index (κ3) is 3.75. The Morgan fingerprint density at radius 1 is 1.12 bits per heavy atom. The van der Waals surface area contributed by atoms with Gasteiger partial charge in [-0.15, -0.1) is 0 Å². The van der Waals surface area contributed by atoms with Crippen molar-refractivity contribution in [3.8, 4) is 22.8 Å². The van der Waals surface area contributed by atoms with Gasteiger partial charge >= 0.3 is 6.18 Å². The van der Waals surface area contributed by atoms with E-state index in [1.807, 2.05) is 31.2 Å². The van der Waals surface area contributed by atoms with Crippen LogP contribution in [0.25, 0.3) is 17.1 Å². The maximum absolute atomic E-state index is 14.1. The average Bonchev–Trinajstić information content (AvgIpc) is 3.41. The SMILES string of the molecule is COc1ccc(C2CC(C(F)(F)F)n3ncc(-c4n[nH]c(=S)n4-c4ccccc4C)c3N2)cc1. The number of nitrogens with one attached hydrogen (secondary N) is 2. The Bertz CT molecular complexity index is 1390. The second-order valence-electron chi connectivity index (χ2n) is 8.09. The lowest BCUT2D eigenvalue weighted by atomic mass is 9.96. The predicted molar refractivity (Wildman–Crippen MR) is 124 cm³/mol. The van der Waals surface area contributed by atoms with Crippen LogP contribution in [-0.2, 0) is 0 Å². The molecule has 5 rings (SSSR count). The molecule has 2 aromatic carbocycles. The van der Waals surface area contributed by atoms with Gasteiger partial charge in [-0.25, -0.2) is 4.68 Å². The molecule has 0 aliphatic carbocycles. The van der Waals surface area contributed by atoms with Crippen LogP contribution in [0.15, 0.2) is 54.7 Å². The van der Waals surface area contributed by atoms with Crippen molar-refractivity contribution in [2.24, 2.45) is 0 Å². The Balaban J connectivity index is 1.64. The molecule has 2 atom stereocenters. The van der Waals surface area contributed by atoms with E-state index in [-0.39, 0.29) is 12.2 Å². The van der Waals surface area contributed by atoms with Crippen LogP contribution in [0.3, 0.4) is 0 Å². The average molecular weight is 487 g/mol. The zero-order chi connectivity index (χ0) is 24.0. The molecule has 0 spiro atoms. The standard InChI is InChI=1S/C23H21F3N6OS/c1-13-5-3-4-6-18(13)31-21(29-30-22(31)34)16-12-27-32-19(23(24,25)26)11-17(28-20(16)32)14-7-9-15(33-2)10-8-14/h3-10,12,17,19,28H,11H2,1-2H3,(H,30,34). The molecular formula is C23H21F3N6OS. The lowest BCUT2D eigenvalue weighted by molar-refractivity contribution is -0.173. The van der Waals surface area contributed by atoms with Gasteiger partial charge in [-0.3, -0.25) is 9.67 Å². The first-order valence-corrected chi connectivity index (χ1v) is 11.0. The number of para-hydroxylation sites is 1. The summed E-state index contributed by atoms with van der Waals surface area (Å²) >= 11 is 5.45. The summed E-state index contributed by atoms with van der Waals surface area (Å²) in [7, 11) is 1.54. The molecule has 2 N–H and O–H groups in total. The maximum Gasteiger partial charge on any atom is 0.410 e. The quantitative estimate of drug-likeness (QED) is 0.358. The Morgan fingerprint density at radius 3 is 2.53 bits per heavy atom. The van der Waals surface area contributed by atoms with Crippen LogP contribution < -0.4 is 10.1 Å². The van der Waals surface area contributed by atoms with E-state index >= 15 is 0 Å². The van der Waals surface area contributed by atoms with Gasteiger partial charge in [0.1, 0.15) is 11.6 Å². The van der Waals surface area contributed by atoms with Crippen molar-refractivity contribution < 1.29 is 17.9 Å². The van der Waals surface area contributed by atoms with E-state index in [2.05, 4.69) is 20.6 Å². The first-order valence-electron chi connectivity index (χ1n) is 10.6. The van der Waals surface area contributed by atoms with E-state index in [1.54, 1.807) is 35.9 Å². The number of aromatic amines is 1. The summed E-state index contributed by atoms with van der Waals surface area (Å²) < 4.78 is 50.5. The van der Waals surface area contributed by atoms with Crippen molar-refractivity contribution >= 4 is 18.0 Å². The molecule has 0 amide bonds. The van der Waals surface area contributed by atoms with Gasteiger partial charge < -0.3 is 10.1 Å². The summed E-state index contributed by atoms with van der Waals surface area (Å²) in [6, 6.07) is 12.2. The first kappa shape index (κ1) is 22.2. The molecule has 2 unspecified atom stereocenters. The molecule has 4 aromatic rings. The van der Waals surface area contributed by atoms with Gasteiger partial charge in [0, 0.05) is 6.42 Å². The topological polar surface area (TPSA) is 72.7 Å². The number of alkyl halides is 3. The number of anilines is 1. The predicted octanol–water partition coefficient (Wildman–Crippen LogP) is 5.77. The number of rotatable bonds is 4. The molecule has 0 radical (unpaired) electrons. The number of aromatic nitrogens is 5. The largest absolute Gasteiger partial charge is 0.497 e. The number of fused-ring (bicyclic) bond motifs is 1. The molecule has 1 aliphatic heterocycles. The van der Waals surface area contributed by atoms with Gasteiger partial charge in [-0.05, 0) is 48.5 Å². The molecule has 0 fully saturated rings. The molecule has 7 nitrogen and oxygen atoms in total. The van der Waals surface area contributed by atoms with E-state index in [1.165, 1.54) is 6.20 Å². The van der Waals surface area contributed by atoms with Gasteiger partial charge in [0.15, 0.2) is 16.6 Å². The van der Waals surface area contributed by atoms with E-state index in [0.717, 1.165) is 15.9 Å². The molecule has 176 valence electrons. The number of methoxy groups -OCH3 is 1. The number of aryl methyl sites for hydroxylation is 1. The van der Waals surface area contributed by atoms with E-state index < -0.39 is 18.3 Å². The highest BCUT2D eigenvalue weighted by Gasteiger charge is 2.47. The maximum atomic E-state index is 14.1. The second-order valence-corrected chi connectivity index (χ2v) is 8.48. The number of hydrogen-bond donors (Lipinski definition) is 2.